The molecule has 2 heterocycles. The maximum absolute atomic E-state index is 13.9. The number of benzene rings is 2. The van der Waals surface area contributed by atoms with Crippen LogP contribution in [0.2, 0.25) is 5.02 Å². The van der Waals surface area contributed by atoms with Gasteiger partial charge in [0.1, 0.15) is 24.1 Å². The van der Waals surface area contributed by atoms with E-state index in [2.05, 4.69) is 15.3 Å². The van der Waals surface area contributed by atoms with Crippen molar-refractivity contribution in [1.82, 2.24) is 9.97 Å². The number of primary amides is 1. The van der Waals surface area contributed by atoms with Gasteiger partial charge in [-0.25, -0.2) is 14.4 Å². The molecule has 0 spiro atoms. The van der Waals surface area contributed by atoms with Crippen LogP contribution < -0.4 is 20.7 Å². The van der Waals surface area contributed by atoms with E-state index in [1.807, 2.05) is 17.0 Å². The number of aromatic nitrogens is 2. The highest BCUT2D eigenvalue weighted by molar-refractivity contribution is 6.30. The molecular weight excluding hydrogens is 409 g/mol. The molecule has 1 amide bonds. The zero-order chi connectivity index (χ0) is 21.1. The number of hydrogen-bond acceptors (Lipinski definition) is 6. The third-order valence-electron chi connectivity index (χ3n) is 4.70. The van der Waals surface area contributed by atoms with Gasteiger partial charge in [-0.15, -0.1) is 0 Å². The summed E-state index contributed by atoms with van der Waals surface area (Å²) in [6, 6.07) is 13.3. The third-order valence-corrected chi connectivity index (χ3v) is 4.93. The van der Waals surface area contributed by atoms with Crippen LogP contribution in [0.3, 0.4) is 0 Å². The number of anilines is 2. The van der Waals surface area contributed by atoms with Gasteiger partial charge in [-0.05, 0) is 35.9 Å². The summed E-state index contributed by atoms with van der Waals surface area (Å²) in [6.07, 6.45) is 1.34. The Kier molecular flexibility index (Phi) is 5.67. The Balaban J connectivity index is 1.33. The molecule has 1 aliphatic rings. The van der Waals surface area contributed by atoms with Crippen molar-refractivity contribution in [1.29, 1.82) is 0 Å². The van der Waals surface area contributed by atoms with E-state index in [-0.39, 0.29) is 11.9 Å². The molecule has 1 fully saturated rings. The molecule has 4 rings (SSSR count). The van der Waals surface area contributed by atoms with Crippen molar-refractivity contribution < 1.29 is 13.9 Å². The van der Waals surface area contributed by atoms with Gasteiger partial charge in [-0.3, -0.25) is 4.79 Å². The topological polar surface area (TPSA) is 93.4 Å². The summed E-state index contributed by atoms with van der Waals surface area (Å²) in [5, 5.41) is 3.54. The molecule has 1 aliphatic heterocycles. The fourth-order valence-electron chi connectivity index (χ4n) is 3.09. The number of nitrogens with two attached hydrogens (primary N) is 1. The van der Waals surface area contributed by atoms with E-state index in [1.54, 1.807) is 24.3 Å². The standard InChI is InChI=1S/C21H19ClFN5O2/c22-15-4-5-18(17(23)7-15)30-16-10-28(11-16)20-8-19(26-12-27-20)25-9-13-2-1-3-14(6-13)21(24)29/h1-8,12,16H,9-11H2,(H2,24,29)(H,25,26,27). The third kappa shape index (κ3) is 4.60. The van der Waals surface area contributed by atoms with Gasteiger partial charge in [0.25, 0.3) is 0 Å². The van der Waals surface area contributed by atoms with E-state index in [1.165, 1.54) is 18.5 Å². The summed E-state index contributed by atoms with van der Waals surface area (Å²) in [6.45, 7) is 1.65. The van der Waals surface area contributed by atoms with Crippen molar-refractivity contribution in [2.75, 3.05) is 23.3 Å². The summed E-state index contributed by atoms with van der Waals surface area (Å²) in [5.41, 5.74) is 6.69. The molecule has 0 unspecified atom stereocenters. The first kappa shape index (κ1) is 19.9. The van der Waals surface area contributed by atoms with Crippen molar-refractivity contribution in [2.24, 2.45) is 5.73 Å². The monoisotopic (exact) mass is 427 g/mol. The molecule has 1 saturated heterocycles. The number of ether oxygens (including phenoxy) is 1. The number of rotatable bonds is 7. The minimum atomic E-state index is -0.477. The molecule has 0 bridgehead atoms. The molecule has 0 aliphatic carbocycles. The Morgan fingerprint density at radius 1 is 1.23 bits per heavy atom. The zero-order valence-corrected chi connectivity index (χ0v) is 16.6. The van der Waals surface area contributed by atoms with Gasteiger partial charge in [0.05, 0.1) is 13.1 Å². The van der Waals surface area contributed by atoms with Crippen LogP contribution >= 0.6 is 11.6 Å². The van der Waals surface area contributed by atoms with E-state index < -0.39 is 11.7 Å². The molecule has 2 aromatic carbocycles. The fourth-order valence-corrected chi connectivity index (χ4v) is 3.25. The van der Waals surface area contributed by atoms with Gasteiger partial charge >= 0.3 is 0 Å². The zero-order valence-electron chi connectivity index (χ0n) is 15.9. The van der Waals surface area contributed by atoms with E-state index in [0.717, 1.165) is 11.4 Å². The Hall–Kier alpha value is -3.39. The highest BCUT2D eigenvalue weighted by Crippen LogP contribution is 2.27. The highest BCUT2D eigenvalue weighted by atomic mass is 35.5. The number of hydrogen-bond donors (Lipinski definition) is 2. The molecule has 1 aromatic heterocycles. The van der Waals surface area contributed by atoms with E-state index in [9.17, 15) is 9.18 Å². The second kappa shape index (κ2) is 8.54. The Bertz CT molecular complexity index is 1070. The van der Waals surface area contributed by atoms with Crippen molar-refractivity contribution in [3.63, 3.8) is 0 Å². The Morgan fingerprint density at radius 3 is 2.83 bits per heavy atom. The minimum absolute atomic E-state index is 0.136. The quantitative estimate of drug-likeness (QED) is 0.601. The van der Waals surface area contributed by atoms with Crippen LogP contribution in [-0.4, -0.2) is 35.1 Å². The number of nitrogens with zero attached hydrogens (tertiary/aromatic N) is 3. The fraction of sp³-hybridized carbons (Fsp3) is 0.190. The summed E-state index contributed by atoms with van der Waals surface area (Å²) in [7, 11) is 0. The van der Waals surface area contributed by atoms with Gasteiger partial charge in [0, 0.05) is 23.2 Å². The van der Waals surface area contributed by atoms with Gasteiger partial charge in [-0.2, -0.15) is 0 Å². The molecule has 154 valence electrons. The molecule has 3 aromatic rings. The summed E-state index contributed by atoms with van der Waals surface area (Å²) >= 11 is 5.76. The van der Waals surface area contributed by atoms with Crippen molar-refractivity contribution in [3.05, 3.63) is 76.8 Å². The lowest BCUT2D eigenvalue weighted by Crippen LogP contribution is -2.54. The molecular formula is C21H19ClFN5O2. The molecule has 30 heavy (non-hydrogen) atoms. The average Bonchev–Trinajstić information content (AvgIpc) is 2.70. The Labute approximate surface area is 177 Å². The maximum Gasteiger partial charge on any atom is 0.248 e. The predicted molar refractivity (Wildman–Crippen MR) is 112 cm³/mol. The van der Waals surface area contributed by atoms with Crippen molar-refractivity contribution >= 4 is 29.1 Å². The number of amides is 1. The SMILES string of the molecule is NC(=O)c1cccc(CNc2cc(N3CC(Oc4ccc(Cl)cc4F)C3)ncn2)c1. The summed E-state index contributed by atoms with van der Waals surface area (Å²) in [4.78, 5) is 21.8. The first-order chi connectivity index (χ1) is 14.5. The minimum Gasteiger partial charge on any atom is -0.484 e. The average molecular weight is 428 g/mol. The van der Waals surface area contributed by atoms with E-state index >= 15 is 0 Å². The lowest BCUT2D eigenvalue weighted by molar-refractivity contribution is 0.1000. The molecule has 3 N–H and O–H groups in total. The predicted octanol–water partition coefficient (Wildman–Crippen LogP) is 3.25. The van der Waals surface area contributed by atoms with Crippen molar-refractivity contribution in [2.45, 2.75) is 12.6 Å². The van der Waals surface area contributed by atoms with Gasteiger partial charge in [0.2, 0.25) is 5.91 Å². The smallest absolute Gasteiger partial charge is 0.248 e. The van der Waals surface area contributed by atoms with Crippen LogP contribution in [0.25, 0.3) is 0 Å². The van der Waals surface area contributed by atoms with Gasteiger partial charge in [-0.1, -0.05) is 23.7 Å². The molecule has 7 nitrogen and oxygen atoms in total. The number of carbonyl (C=O) groups is 1. The van der Waals surface area contributed by atoms with Crippen LogP contribution in [-0.2, 0) is 6.54 Å². The summed E-state index contributed by atoms with van der Waals surface area (Å²) < 4.78 is 19.5. The van der Waals surface area contributed by atoms with E-state index in [4.69, 9.17) is 22.1 Å². The molecule has 0 radical (unpaired) electrons. The van der Waals surface area contributed by atoms with Crippen LogP contribution in [0.5, 0.6) is 5.75 Å². The lowest BCUT2D eigenvalue weighted by atomic mass is 10.1. The number of nitrogens with one attached hydrogen (secondary N) is 1. The van der Waals surface area contributed by atoms with Gasteiger partial charge in [0.15, 0.2) is 11.6 Å². The maximum atomic E-state index is 13.9. The van der Waals surface area contributed by atoms with Crippen molar-refractivity contribution in [3.8, 4) is 5.75 Å². The largest absolute Gasteiger partial charge is 0.484 e. The normalized spacial score (nSPS) is 13.6. The van der Waals surface area contributed by atoms with Gasteiger partial charge < -0.3 is 20.7 Å². The number of carbonyl (C=O) groups excluding carboxylic acids is 1. The Morgan fingerprint density at radius 2 is 2.07 bits per heavy atom. The van der Waals surface area contributed by atoms with Crippen LogP contribution in [0, 0.1) is 5.82 Å². The first-order valence-corrected chi connectivity index (χ1v) is 9.67. The first-order valence-electron chi connectivity index (χ1n) is 9.29. The van der Waals surface area contributed by atoms with Crippen LogP contribution in [0.15, 0.2) is 54.9 Å². The summed E-state index contributed by atoms with van der Waals surface area (Å²) in [5.74, 6) is 0.642. The number of halogens is 2. The van der Waals surface area contributed by atoms with Crippen LogP contribution in [0.4, 0.5) is 16.0 Å². The molecule has 9 heteroatoms. The lowest BCUT2D eigenvalue weighted by Gasteiger charge is -2.39. The highest BCUT2D eigenvalue weighted by Gasteiger charge is 2.30. The van der Waals surface area contributed by atoms with Crippen LogP contribution in [0.1, 0.15) is 15.9 Å². The second-order valence-corrected chi connectivity index (χ2v) is 7.34. The molecule has 0 saturated carbocycles. The van der Waals surface area contributed by atoms with E-state index in [0.29, 0.717) is 36.0 Å². The second-order valence-electron chi connectivity index (χ2n) is 6.90. The molecule has 0 atom stereocenters.